The number of amides is 4. The molecule has 316 valence electrons. The Hall–Kier alpha value is -3.91. The molecule has 4 atom stereocenters. The van der Waals surface area contributed by atoms with Crippen LogP contribution in [0.25, 0.3) is 0 Å². The number of rotatable bonds is 18. The molecule has 0 saturated heterocycles. The topological polar surface area (TPSA) is 145 Å². The molecule has 0 fully saturated rings. The molecular weight excluding hydrogens is 752 g/mol. The number of alkyl halides is 1. The van der Waals surface area contributed by atoms with Crippen LogP contribution in [0.15, 0.2) is 42.5 Å². The number of carbonyl (C=O) groups is 4. The van der Waals surface area contributed by atoms with Crippen LogP contribution in [0.4, 0.5) is 4.79 Å². The zero-order valence-corrected chi connectivity index (χ0v) is 35.7. The first-order valence-corrected chi connectivity index (χ1v) is 20.5. The lowest BCUT2D eigenvalue weighted by molar-refractivity contribution is -0.147. The molecule has 0 spiro atoms. The quantitative estimate of drug-likeness (QED) is 0.146. The Morgan fingerprint density at radius 2 is 1.53 bits per heavy atom. The molecule has 1 aliphatic carbocycles. The first-order chi connectivity index (χ1) is 27.0. The highest BCUT2D eigenvalue weighted by Crippen LogP contribution is 2.33. The summed E-state index contributed by atoms with van der Waals surface area (Å²) in [5.74, 6) is -0.109. The molecule has 2 aromatic carbocycles. The largest absolute Gasteiger partial charge is 0.491 e. The summed E-state index contributed by atoms with van der Waals surface area (Å²) in [6.45, 7) is 15.5. The number of likely N-dealkylation sites (N-methyl/N-ethyl adjacent to an activating group) is 1. The minimum absolute atomic E-state index is 0.128. The van der Waals surface area contributed by atoms with Crippen molar-refractivity contribution in [2.24, 2.45) is 5.41 Å². The summed E-state index contributed by atoms with van der Waals surface area (Å²) in [6.07, 6.45) is 2.32. The molecule has 2 N–H and O–H groups in total. The fourth-order valence-electron chi connectivity index (χ4n) is 6.85. The Morgan fingerprint density at radius 3 is 2.18 bits per heavy atom. The second kappa shape index (κ2) is 21.2. The third kappa shape index (κ3) is 13.6. The van der Waals surface area contributed by atoms with Gasteiger partial charge in [0.15, 0.2) is 0 Å². The second-order valence-corrected chi connectivity index (χ2v) is 17.1. The molecular formula is C43H63ClN4O9. The average Bonchev–Trinajstić information content (AvgIpc) is 3.16. The smallest absolute Gasteiger partial charge is 0.410 e. The van der Waals surface area contributed by atoms with Gasteiger partial charge in [0, 0.05) is 25.9 Å². The van der Waals surface area contributed by atoms with E-state index in [4.69, 9.17) is 35.3 Å². The van der Waals surface area contributed by atoms with Gasteiger partial charge < -0.3 is 39.2 Å². The van der Waals surface area contributed by atoms with Gasteiger partial charge >= 0.3 is 6.09 Å². The fourth-order valence-corrected chi connectivity index (χ4v) is 6.96. The van der Waals surface area contributed by atoms with E-state index >= 15 is 0 Å². The normalized spacial score (nSPS) is 17.7. The van der Waals surface area contributed by atoms with E-state index < -0.39 is 47.0 Å². The maximum absolute atomic E-state index is 14.8. The van der Waals surface area contributed by atoms with Gasteiger partial charge in [-0.15, -0.1) is 11.6 Å². The molecule has 14 heteroatoms. The van der Waals surface area contributed by atoms with Gasteiger partial charge in [0.1, 0.15) is 36.1 Å². The molecule has 2 aliphatic rings. The second-order valence-electron chi connectivity index (χ2n) is 16.7. The van der Waals surface area contributed by atoms with Crippen molar-refractivity contribution in [2.75, 3.05) is 59.2 Å². The number of hydrogen-bond acceptors (Lipinski definition) is 9. The number of nitrogens with zero attached hydrogens (tertiary/aromatic N) is 2. The van der Waals surface area contributed by atoms with Gasteiger partial charge in [-0.1, -0.05) is 51.1 Å². The maximum Gasteiger partial charge on any atom is 0.410 e. The van der Waals surface area contributed by atoms with Gasteiger partial charge in [-0.05, 0) is 86.8 Å². The van der Waals surface area contributed by atoms with Crippen LogP contribution in [-0.4, -0.2) is 117 Å². The lowest BCUT2D eigenvalue weighted by Crippen LogP contribution is -2.62. The number of carbonyl (C=O) groups excluding carboxylic acids is 4. The van der Waals surface area contributed by atoms with Crippen LogP contribution < -0.4 is 15.4 Å². The molecule has 0 aromatic heterocycles. The van der Waals surface area contributed by atoms with Crippen molar-refractivity contribution in [2.45, 2.75) is 110 Å². The summed E-state index contributed by atoms with van der Waals surface area (Å²) < 4.78 is 27.9. The molecule has 4 rings (SSSR count). The van der Waals surface area contributed by atoms with Crippen molar-refractivity contribution in [3.05, 3.63) is 64.7 Å². The SMILES string of the molecule is C[C@@H](C(=O)NC(C(=O)N1Cc2cc(OCCOCCOCCOCCCl)ccc2C[C@H]1C(=O)N[C@@H]1CCCc2ccccc21)C(C)(C)C)N(C)C(=O)OC(C)(C)C. The van der Waals surface area contributed by atoms with Gasteiger partial charge in [-0.3, -0.25) is 19.3 Å². The number of ether oxygens (including phenoxy) is 5. The first kappa shape index (κ1) is 45.8. The summed E-state index contributed by atoms with van der Waals surface area (Å²) in [4.78, 5) is 58.5. The molecule has 0 saturated carbocycles. The zero-order chi connectivity index (χ0) is 41.8. The van der Waals surface area contributed by atoms with Crippen LogP contribution in [0.2, 0.25) is 0 Å². The molecule has 13 nitrogen and oxygen atoms in total. The number of halogens is 1. The highest BCUT2D eigenvalue weighted by molar-refractivity contribution is 6.17. The van der Waals surface area contributed by atoms with E-state index in [1.54, 1.807) is 32.6 Å². The number of aryl methyl sites for hydroxylation is 1. The van der Waals surface area contributed by atoms with Crippen LogP contribution in [0.1, 0.15) is 89.6 Å². The van der Waals surface area contributed by atoms with E-state index in [9.17, 15) is 19.2 Å². The predicted molar refractivity (Wildman–Crippen MR) is 218 cm³/mol. The van der Waals surface area contributed by atoms with E-state index in [2.05, 4.69) is 22.8 Å². The van der Waals surface area contributed by atoms with E-state index in [-0.39, 0.29) is 24.9 Å². The zero-order valence-electron chi connectivity index (χ0n) is 35.0. The Kier molecular flexibility index (Phi) is 17.0. The maximum atomic E-state index is 14.8. The molecule has 2 aromatic rings. The standard InChI is InChI=1S/C43H63ClN4O9/c1-29(47(8)41(52)57-43(5,6)7)38(49)46-37(42(2,3)4)40(51)48-28-32-26-33(56-25-24-55-23-22-54-21-20-53-19-18-44)17-16-31(32)27-36(48)39(50)45-35-15-11-13-30-12-9-10-14-34(30)35/h9-10,12,14,16-17,26,29,35-37H,11,13,15,18-25,27-28H2,1-8H3,(H,45,50)(H,46,49)/t29-,35+,36-,37?/m0/s1. The molecule has 57 heavy (non-hydrogen) atoms. The van der Waals surface area contributed by atoms with Crippen molar-refractivity contribution in [3.8, 4) is 5.75 Å². The number of hydrogen-bond donors (Lipinski definition) is 2. The number of nitrogens with one attached hydrogen (secondary N) is 2. The van der Waals surface area contributed by atoms with E-state index in [1.807, 2.05) is 51.1 Å². The average molecular weight is 815 g/mol. The summed E-state index contributed by atoms with van der Waals surface area (Å²) in [6, 6.07) is 10.9. The van der Waals surface area contributed by atoms with Gasteiger partial charge in [0.25, 0.3) is 0 Å². The van der Waals surface area contributed by atoms with E-state index in [0.29, 0.717) is 57.9 Å². The van der Waals surface area contributed by atoms with Gasteiger partial charge in [0.2, 0.25) is 17.7 Å². The Morgan fingerprint density at radius 1 is 0.877 bits per heavy atom. The van der Waals surface area contributed by atoms with E-state index in [1.165, 1.54) is 17.5 Å². The highest BCUT2D eigenvalue weighted by Gasteiger charge is 2.43. The summed E-state index contributed by atoms with van der Waals surface area (Å²) in [5, 5.41) is 6.22. The minimum atomic E-state index is -1.02. The highest BCUT2D eigenvalue weighted by atomic mass is 35.5. The summed E-state index contributed by atoms with van der Waals surface area (Å²) in [7, 11) is 1.49. The molecule has 4 amide bonds. The third-order valence-electron chi connectivity index (χ3n) is 10.1. The number of fused-ring (bicyclic) bond motifs is 2. The van der Waals surface area contributed by atoms with Crippen molar-refractivity contribution < 1.29 is 42.9 Å². The van der Waals surface area contributed by atoms with Crippen molar-refractivity contribution >= 4 is 35.4 Å². The Labute approximate surface area is 343 Å². The third-order valence-corrected chi connectivity index (χ3v) is 10.2. The fraction of sp³-hybridized carbons (Fsp3) is 0.628. The molecule has 1 unspecified atom stereocenters. The molecule has 0 bridgehead atoms. The van der Waals surface area contributed by atoms with Gasteiger partial charge in [0.05, 0.1) is 45.7 Å². The number of benzene rings is 2. The van der Waals surface area contributed by atoms with Crippen LogP contribution in [0, 0.1) is 5.41 Å². The van der Waals surface area contributed by atoms with Crippen LogP contribution in [-0.2, 0) is 52.7 Å². The molecule has 1 aliphatic heterocycles. The molecule has 1 heterocycles. The minimum Gasteiger partial charge on any atom is -0.491 e. The van der Waals surface area contributed by atoms with Gasteiger partial charge in [-0.25, -0.2) is 4.79 Å². The molecule has 0 radical (unpaired) electrons. The van der Waals surface area contributed by atoms with Crippen molar-refractivity contribution in [3.63, 3.8) is 0 Å². The van der Waals surface area contributed by atoms with Crippen molar-refractivity contribution in [1.29, 1.82) is 0 Å². The van der Waals surface area contributed by atoms with Crippen molar-refractivity contribution in [1.82, 2.24) is 20.4 Å². The van der Waals surface area contributed by atoms with Crippen LogP contribution >= 0.6 is 11.6 Å². The Bertz CT molecular complexity index is 1660. The summed E-state index contributed by atoms with van der Waals surface area (Å²) in [5.41, 5.74) is 2.58. The lowest BCUT2D eigenvalue weighted by Gasteiger charge is -2.42. The van der Waals surface area contributed by atoms with E-state index in [0.717, 1.165) is 36.0 Å². The van der Waals surface area contributed by atoms with Crippen LogP contribution in [0.5, 0.6) is 5.75 Å². The lowest BCUT2D eigenvalue weighted by atomic mass is 9.83. The summed E-state index contributed by atoms with van der Waals surface area (Å²) >= 11 is 5.60. The first-order valence-electron chi connectivity index (χ1n) is 20.0. The van der Waals surface area contributed by atoms with Crippen LogP contribution in [0.3, 0.4) is 0 Å². The Balaban J connectivity index is 1.51. The monoisotopic (exact) mass is 814 g/mol. The van der Waals surface area contributed by atoms with Gasteiger partial charge in [-0.2, -0.15) is 0 Å². The predicted octanol–water partition coefficient (Wildman–Crippen LogP) is 5.59.